The van der Waals surface area contributed by atoms with Crippen molar-refractivity contribution in [2.75, 3.05) is 34.0 Å². The lowest BCUT2D eigenvalue weighted by Gasteiger charge is -2.32. The van der Waals surface area contributed by atoms with E-state index in [1.807, 2.05) is 0 Å². The van der Waals surface area contributed by atoms with Gasteiger partial charge in [-0.1, -0.05) is 5.16 Å². The van der Waals surface area contributed by atoms with Crippen molar-refractivity contribution in [3.63, 3.8) is 0 Å². The molecule has 0 bridgehead atoms. The van der Waals surface area contributed by atoms with Gasteiger partial charge in [-0.25, -0.2) is 0 Å². The molecule has 0 aliphatic carbocycles. The molecule has 2 heterocycles. The van der Waals surface area contributed by atoms with Crippen molar-refractivity contribution in [1.29, 1.82) is 0 Å². The van der Waals surface area contributed by atoms with Crippen molar-refractivity contribution in [2.24, 2.45) is 5.73 Å². The molecule has 1 atom stereocenters. The normalized spacial score (nSPS) is 20.8. The first kappa shape index (κ1) is 13.4. The third kappa shape index (κ3) is 2.39. The van der Waals surface area contributed by atoms with E-state index >= 15 is 0 Å². The van der Waals surface area contributed by atoms with Crippen molar-refractivity contribution in [3.05, 3.63) is 11.7 Å². The molecule has 1 unspecified atom stereocenters. The summed E-state index contributed by atoms with van der Waals surface area (Å²) in [4.78, 5) is 4.36. The molecule has 1 aromatic heterocycles. The van der Waals surface area contributed by atoms with Crippen molar-refractivity contribution in [2.45, 2.75) is 24.5 Å². The predicted molar refractivity (Wildman–Crippen MR) is 61.8 cm³/mol. The van der Waals surface area contributed by atoms with Gasteiger partial charge in [0.15, 0.2) is 0 Å². The Labute approximate surface area is 106 Å². The lowest BCUT2D eigenvalue weighted by molar-refractivity contribution is -0.101. The number of hydrogen-bond acceptors (Lipinski definition) is 7. The van der Waals surface area contributed by atoms with E-state index in [-0.39, 0.29) is 6.10 Å². The van der Waals surface area contributed by atoms with Crippen LogP contribution in [0.2, 0.25) is 0 Å². The smallest absolute Gasteiger partial charge is 0.257 e. The van der Waals surface area contributed by atoms with Crippen LogP contribution in [0.5, 0.6) is 0 Å². The highest BCUT2D eigenvalue weighted by Gasteiger charge is 2.39. The molecule has 1 aromatic rings. The molecule has 2 rings (SSSR count). The summed E-state index contributed by atoms with van der Waals surface area (Å²) in [5.41, 5.74) is 5.04. The molecule has 1 aliphatic heterocycles. The molecule has 1 aliphatic rings. The SMILES string of the molecule is COC(CN)c1nc(C2(OC)CCOCC2)no1. The van der Waals surface area contributed by atoms with Gasteiger partial charge in [0.25, 0.3) is 5.89 Å². The first-order valence-corrected chi connectivity index (χ1v) is 5.95. The number of methoxy groups -OCH3 is 2. The number of nitrogens with two attached hydrogens (primary N) is 1. The highest BCUT2D eigenvalue weighted by Crippen LogP contribution is 2.34. The maximum absolute atomic E-state index is 5.59. The van der Waals surface area contributed by atoms with Gasteiger partial charge in [-0.05, 0) is 0 Å². The Hall–Kier alpha value is -1.02. The molecular formula is C11H19N3O4. The second-order valence-corrected chi connectivity index (χ2v) is 4.23. The molecule has 7 nitrogen and oxygen atoms in total. The minimum Gasteiger partial charge on any atom is -0.381 e. The number of aromatic nitrogens is 2. The van der Waals surface area contributed by atoms with E-state index in [4.69, 9.17) is 24.5 Å². The van der Waals surface area contributed by atoms with Crippen molar-refractivity contribution < 1.29 is 18.7 Å². The minimum absolute atomic E-state index is 0.293. The van der Waals surface area contributed by atoms with Crippen LogP contribution < -0.4 is 5.73 Å². The number of hydrogen-bond donors (Lipinski definition) is 1. The number of rotatable bonds is 5. The average Bonchev–Trinajstić information content (AvgIpc) is 2.91. The standard InChI is InChI=1S/C11H19N3O4/c1-15-8(7-12)9-13-10(14-18-9)11(16-2)3-5-17-6-4-11/h8H,3-7,12H2,1-2H3. The van der Waals surface area contributed by atoms with E-state index in [2.05, 4.69) is 10.1 Å². The molecule has 7 heteroatoms. The molecule has 0 saturated carbocycles. The van der Waals surface area contributed by atoms with Crippen LogP contribution in [0.25, 0.3) is 0 Å². The van der Waals surface area contributed by atoms with E-state index in [9.17, 15) is 0 Å². The first-order chi connectivity index (χ1) is 8.75. The highest BCUT2D eigenvalue weighted by atomic mass is 16.5. The fourth-order valence-corrected chi connectivity index (χ4v) is 2.07. The van der Waals surface area contributed by atoms with Gasteiger partial charge in [-0.2, -0.15) is 4.98 Å². The van der Waals surface area contributed by atoms with Crippen LogP contribution in [0.4, 0.5) is 0 Å². The molecule has 1 fully saturated rings. The van der Waals surface area contributed by atoms with Crippen LogP contribution in [-0.4, -0.2) is 44.1 Å². The minimum atomic E-state index is -0.521. The molecular weight excluding hydrogens is 238 g/mol. The van der Waals surface area contributed by atoms with E-state index in [0.29, 0.717) is 44.3 Å². The second-order valence-electron chi connectivity index (χ2n) is 4.23. The molecule has 0 radical (unpaired) electrons. The Morgan fingerprint density at radius 2 is 2.11 bits per heavy atom. The molecule has 18 heavy (non-hydrogen) atoms. The third-order valence-corrected chi connectivity index (χ3v) is 3.31. The van der Waals surface area contributed by atoms with E-state index < -0.39 is 5.60 Å². The van der Waals surface area contributed by atoms with Crippen molar-refractivity contribution >= 4 is 0 Å². The molecule has 0 spiro atoms. The Kier molecular flexibility index (Phi) is 4.28. The van der Waals surface area contributed by atoms with Gasteiger partial charge in [0.2, 0.25) is 5.82 Å². The molecule has 0 aromatic carbocycles. The van der Waals surface area contributed by atoms with E-state index in [1.165, 1.54) is 0 Å². The van der Waals surface area contributed by atoms with Gasteiger partial charge in [0, 0.05) is 46.8 Å². The summed E-state index contributed by atoms with van der Waals surface area (Å²) >= 11 is 0. The summed E-state index contributed by atoms with van der Waals surface area (Å²) in [6.45, 7) is 1.55. The quantitative estimate of drug-likeness (QED) is 0.814. The van der Waals surface area contributed by atoms with Gasteiger partial charge < -0.3 is 24.5 Å². The van der Waals surface area contributed by atoms with Crippen LogP contribution in [-0.2, 0) is 19.8 Å². The molecule has 0 amide bonds. The summed E-state index contributed by atoms with van der Waals surface area (Å²) in [7, 11) is 3.21. The molecule has 102 valence electrons. The topological polar surface area (TPSA) is 92.6 Å². The molecule has 2 N–H and O–H groups in total. The Balaban J connectivity index is 2.21. The summed E-state index contributed by atoms with van der Waals surface area (Å²) in [5.74, 6) is 0.928. The van der Waals surface area contributed by atoms with Gasteiger partial charge in [-0.15, -0.1) is 0 Å². The van der Waals surface area contributed by atoms with Crippen LogP contribution in [0.1, 0.15) is 30.7 Å². The van der Waals surface area contributed by atoms with Crippen molar-refractivity contribution in [1.82, 2.24) is 10.1 Å². The maximum Gasteiger partial charge on any atom is 0.257 e. The fraction of sp³-hybridized carbons (Fsp3) is 0.818. The largest absolute Gasteiger partial charge is 0.381 e. The van der Waals surface area contributed by atoms with Crippen molar-refractivity contribution in [3.8, 4) is 0 Å². The Morgan fingerprint density at radius 1 is 1.39 bits per heavy atom. The average molecular weight is 257 g/mol. The maximum atomic E-state index is 5.59. The lowest BCUT2D eigenvalue weighted by Crippen LogP contribution is -2.36. The Bertz CT molecular complexity index is 372. The van der Waals surface area contributed by atoms with Gasteiger partial charge >= 0.3 is 0 Å². The molecule has 1 saturated heterocycles. The van der Waals surface area contributed by atoms with Gasteiger partial charge in [0.1, 0.15) is 11.7 Å². The van der Waals surface area contributed by atoms with Crippen LogP contribution >= 0.6 is 0 Å². The van der Waals surface area contributed by atoms with E-state index in [1.54, 1.807) is 14.2 Å². The summed E-state index contributed by atoms with van der Waals surface area (Å²) in [5, 5.41) is 4.00. The van der Waals surface area contributed by atoms with E-state index in [0.717, 1.165) is 0 Å². The van der Waals surface area contributed by atoms with Crippen LogP contribution in [0, 0.1) is 0 Å². The first-order valence-electron chi connectivity index (χ1n) is 5.95. The predicted octanol–water partition coefficient (Wildman–Crippen LogP) is 0.368. The van der Waals surface area contributed by atoms with Gasteiger partial charge in [0.05, 0.1) is 0 Å². The van der Waals surface area contributed by atoms with Gasteiger partial charge in [-0.3, -0.25) is 0 Å². The summed E-state index contributed by atoms with van der Waals surface area (Å²) in [6.07, 6.45) is 1.05. The zero-order valence-electron chi connectivity index (χ0n) is 10.7. The van der Waals surface area contributed by atoms with Crippen LogP contribution in [0.15, 0.2) is 4.52 Å². The number of nitrogens with zero attached hydrogens (tertiary/aromatic N) is 2. The van der Waals surface area contributed by atoms with Crippen LogP contribution in [0.3, 0.4) is 0 Å². The Morgan fingerprint density at radius 3 is 2.67 bits per heavy atom. The monoisotopic (exact) mass is 257 g/mol. The summed E-state index contributed by atoms with van der Waals surface area (Å²) < 4.78 is 21.3. The zero-order chi connectivity index (χ0) is 13.0. The fourth-order valence-electron chi connectivity index (χ4n) is 2.07. The highest BCUT2D eigenvalue weighted by molar-refractivity contribution is 5.04. The zero-order valence-corrected chi connectivity index (χ0v) is 10.7. The number of ether oxygens (including phenoxy) is 3. The second kappa shape index (κ2) is 5.75. The summed E-state index contributed by atoms with van der Waals surface area (Å²) in [6, 6.07) is 0. The lowest BCUT2D eigenvalue weighted by atomic mass is 9.93. The third-order valence-electron chi connectivity index (χ3n) is 3.31.